The van der Waals surface area contributed by atoms with E-state index in [4.69, 9.17) is 4.42 Å². The molecule has 1 aliphatic rings. The third-order valence-electron chi connectivity index (χ3n) is 6.22. The van der Waals surface area contributed by atoms with Gasteiger partial charge in [0.05, 0.1) is 27.9 Å². The maximum absolute atomic E-state index is 13.7. The maximum atomic E-state index is 13.7. The number of benzene rings is 2. The number of carbonyl (C=O) groups excluding carboxylic acids is 1. The van der Waals surface area contributed by atoms with Crippen LogP contribution in [0.4, 0.5) is 9.52 Å². The van der Waals surface area contributed by atoms with Crippen LogP contribution >= 0.6 is 23.1 Å². The van der Waals surface area contributed by atoms with Crippen LogP contribution < -0.4 is 4.90 Å². The van der Waals surface area contributed by atoms with E-state index in [2.05, 4.69) is 4.98 Å². The fourth-order valence-corrected chi connectivity index (χ4v) is 7.92. The number of furan rings is 1. The Morgan fingerprint density at radius 2 is 1.97 bits per heavy atom. The van der Waals surface area contributed by atoms with Gasteiger partial charge in [0.2, 0.25) is 15.9 Å². The third-order valence-corrected chi connectivity index (χ3v) is 10.1. The van der Waals surface area contributed by atoms with Crippen molar-refractivity contribution in [3.8, 4) is 0 Å². The summed E-state index contributed by atoms with van der Waals surface area (Å²) in [6.45, 7) is 0.690. The second-order valence-corrected chi connectivity index (χ2v) is 12.2. The number of halogens is 1. The number of sulfonamides is 1. The molecule has 0 radical (unpaired) electrons. The monoisotopic (exact) mass is 545 g/mol. The number of nitrogens with zero attached hydrogens (tertiary/aromatic N) is 3. The average Bonchev–Trinajstić information content (AvgIpc) is 3.56. The second-order valence-electron chi connectivity index (χ2n) is 8.44. The second kappa shape index (κ2) is 10.3. The van der Waals surface area contributed by atoms with Crippen molar-refractivity contribution in [2.24, 2.45) is 5.92 Å². The van der Waals surface area contributed by atoms with Gasteiger partial charge < -0.3 is 4.42 Å². The van der Waals surface area contributed by atoms with Gasteiger partial charge in [-0.15, -0.1) is 11.8 Å². The van der Waals surface area contributed by atoms with Crippen LogP contribution in [0.25, 0.3) is 10.2 Å². The zero-order valence-electron chi connectivity index (χ0n) is 19.5. The van der Waals surface area contributed by atoms with E-state index in [-0.39, 0.29) is 37.3 Å². The van der Waals surface area contributed by atoms with Crippen LogP contribution in [0, 0.1) is 11.7 Å². The summed E-state index contributed by atoms with van der Waals surface area (Å²) in [6.07, 6.45) is 4.19. The summed E-state index contributed by atoms with van der Waals surface area (Å²) in [6, 6.07) is 14.8. The molecule has 7 nitrogen and oxygen atoms in total. The molecule has 0 atom stereocenters. The lowest BCUT2D eigenvalue weighted by Crippen LogP contribution is -2.44. The minimum atomic E-state index is -3.66. The number of aromatic nitrogens is 1. The van der Waals surface area contributed by atoms with Gasteiger partial charge in [0.25, 0.3) is 0 Å². The Kier molecular flexibility index (Phi) is 7.16. The lowest BCUT2D eigenvalue weighted by atomic mass is 9.96. The first-order valence-electron chi connectivity index (χ1n) is 11.4. The van der Waals surface area contributed by atoms with Gasteiger partial charge in [0, 0.05) is 23.9 Å². The Morgan fingerprint density at radius 3 is 2.69 bits per heavy atom. The molecule has 1 fully saturated rings. The van der Waals surface area contributed by atoms with E-state index >= 15 is 0 Å². The molecule has 36 heavy (non-hydrogen) atoms. The fourth-order valence-electron chi connectivity index (χ4n) is 4.33. The van der Waals surface area contributed by atoms with Gasteiger partial charge in [-0.05, 0) is 61.6 Å². The van der Waals surface area contributed by atoms with Crippen molar-refractivity contribution >= 4 is 54.4 Å². The Morgan fingerprint density at radius 1 is 1.19 bits per heavy atom. The van der Waals surface area contributed by atoms with Crippen LogP contribution in [0.5, 0.6) is 0 Å². The zero-order valence-corrected chi connectivity index (χ0v) is 21.9. The Balaban J connectivity index is 1.36. The zero-order chi connectivity index (χ0) is 25.3. The van der Waals surface area contributed by atoms with Crippen LogP contribution in [0.15, 0.2) is 75.1 Å². The van der Waals surface area contributed by atoms with Gasteiger partial charge in [-0.2, -0.15) is 4.31 Å². The van der Waals surface area contributed by atoms with Crippen LogP contribution in [0.1, 0.15) is 18.6 Å². The molecular formula is C25H24FN3O4S3. The van der Waals surface area contributed by atoms with Crippen molar-refractivity contribution in [3.63, 3.8) is 0 Å². The standard InChI is InChI=1S/C25H24FN3O4S3/c1-34-21-6-2-3-7-23(21)36(31,32)28-12-10-17(11-13-28)24(30)29(16-19-5-4-14-33-19)25-27-20-9-8-18(26)15-22(20)35-25/h2-9,14-15,17H,10-13,16H2,1H3. The molecule has 2 aromatic heterocycles. The molecule has 188 valence electrons. The van der Waals surface area contributed by atoms with E-state index in [0.717, 1.165) is 0 Å². The molecule has 0 unspecified atom stereocenters. The number of amides is 1. The van der Waals surface area contributed by atoms with Crippen molar-refractivity contribution in [3.05, 3.63) is 72.4 Å². The Bertz CT molecular complexity index is 1480. The third kappa shape index (κ3) is 4.93. The van der Waals surface area contributed by atoms with E-state index in [1.54, 1.807) is 47.6 Å². The highest BCUT2D eigenvalue weighted by Crippen LogP contribution is 2.34. The molecule has 0 N–H and O–H groups in total. The minimum absolute atomic E-state index is 0.146. The van der Waals surface area contributed by atoms with E-state index in [0.29, 0.717) is 43.7 Å². The van der Waals surface area contributed by atoms with Gasteiger partial charge >= 0.3 is 0 Å². The summed E-state index contributed by atoms with van der Waals surface area (Å²) in [5, 5.41) is 0.459. The van der Waals surface area contributed by atoms with Crippen molar-refractivity contribution in [1.82, 2.24) is 9.29 Å². The number of hydrogen-bond donors (Lipinski definition) is 0. The van der Waals surface area contributed by atoms with Crippen molar-refractivity contribution in [2.75, 3.05) is 24.2 Å². The topological polar surface area (TPSA) is 83.7 Å². The largest absolute Gasteiger partial charge is 0.467 e. The Labute approximate surface area is 217 Å². The lowest BCUT2D eigenvalue weighted by Gasteiger charge is -2.33. The van der Waals surface area contributed by atoms with E-state index in [1.807, 2.05) is 12.3 Å². The minimum Gasteiger partial charge on any atom is -0.467 e. The molecule has 3 heterocycles. The molecule has 1 aliphatic heterocycles. The molecule has 5 rings (SSSR count). The summed E-state index contributed by atoms with van der Waals surface area (Å²) >= 11 is 2.64. The van der Waals surface area contributed by atoms with Gasteiger partial charge in [0.15, 0.2) is 5.13 Å². The maximum Gasteiger partial charge on any atom is 0.244 e. The quantitative estimate of drug-likeness (QED) is 0.290. The number of rotatable bonds is 7. The summed E-state index contributed by atoms with van der Waals surface area (Å²) < 4.78 is 47.9. The summed E-state index contributed by atoms with van der Waals surface area (Å²) in [5.41, 5.74) is 0.613. The van der Waals surface area contributed by atoms with Gasteiger partial charge in [0.1, 0.15) is 11.6 Å². The molecule has 4 aromatic rings. The number of thiazole rings is 1. The highest BCUT2D eigenvalue weighted by atomic mass is 32.2. The molecule has 0 spiro atoms. The number of carbonyl (C=O) groups is 1. The van der Waals surface area contributed by atoms with Crippen molar-refractivity contribution in [2.45, 2.75) is 29.2 Å². The summed E-state index contributed by atoms with van der Waals surface area (Å²) in [7, 11) is -3.66. The predicted octanol–water partition coefficient (Wildman–Crippen LogP) is 5.38. The van der Waals surface area contributed by atoms with Gasteiger partial charge in [-0.25, -0.2) is 17.8 Å². The first-order valence-corrected chi connectivity index (χ1v) is 14.9. The number of anilines is 1. The van der Waals surface area contributed by atoms with Crippen LogP contribution in [0.3, 0.4) is 0 Å². The molecule has 0 bridgehead atoms. The van der Waals surface area contributed by atoms with Gasteiger partial charge in [-0.3, -0.25) is 9.69 Å². The first kappa shape index (κ1) is 24.9. The van der Waals surface area contributed by atoms with E-state index in [1.165, 1.54) is 39.5 Å². The van der Waals surface area contributed by atoms with Crippen LogP contribution in [-0.4, -0.2) is 43.0 Å². The number of thioether (sulfide) groups is 1. The smallest absolute Gasteiger partial charge is 0.244 e. The normalized spacial score (nSPS) is 15.4. The average molecular weight is 546 g/mol. The number of piperidine rings is 1. The van der Waals surface area contributed by atoms with E-state index in [9.17, 15) is 17.6 Å². The lowest BCUT2D eigenvalue weighted by molar-refractivity contribution is -0.123. The predicted molar refractivity (Wildman–Crippen MR) is 139 cm³/mol. The van der Waals surface area contributed by atoms with E-state index < -0.39 is 10.0 Å². The van der Waals surface area contributed by atoms with Crippen LogP contribution in [0.2, 0.25) is 0 Å². The molecule has 0 saturated carbocycles. The molecule has 1 amide bonds. The first-order chi connectivity index (χ1) is 17.4. The number of hydrogen-bond acceptors (Lipinski definition) is 7. The van der Waals surface area contributed by atoms with Crippen LogP contribution in [-0.2, 0) is 21.4 Å². The molecular weight excluding hydrogens is 521 g/mol. The Hall–Kier alpha value is -2.73. The van der Waals surface area contributed by atoms with Crippen molar-refractivity contribution in [1.29, 1.82) is 0 Å². The highest BCUT2D eigenvalue weighted by molar-refractivity contribution is 7.99. The van der Waals surface area contributed by atoms with Gasteiger partial charge in [-0.1, -0.05) is 23.5 Å². The molecule has 11 heteroatoms. The number of fused-ring (bicyclic) bond motifs is 1. The SMILES string of the molecule is CSc1ccccc1S(=O)(=O)N1CCC(C(=O)N(Cc2ccco2)c2nc3ccc(F)cc3s2)CC1. The fraction of sp³-hybridized carbons (Fsp3) is 0.280. The highest BCUT2D eigenvalue weighted by Gasteiger charge is 2.36. The molecule has 2 aromatic carbocycles. The van der Waals surface area contributed by atoms with Crippen molar-refractivity contribution < 1.29 is 22.0 Å². The summed E-state index contributed by atoms with van der Waals surface area (Å²) in [5.74, 6) is -0.279. The summed E-state index contributed by atoms with van der Waals surface area (Å²) in [4.78, 5) is 20.8. The molecule has 0 aliphatic carbocycles. The molecule has 1 saturated heterocycles.